The molecule has 7 aliphatic rings. The molecule has 2 heterocycles. The van der Waals surface area contributed by atoms with Crippen molar-refractivity contribution in [2.75, 3.05) is 26.4 Å². The predicted molar refractivity (Wildman–Crippen MR) is 219 cm³/mol. The van der Waals surface area contributed by atoms with Gasteiger partial charge < -0.3 is 55.3 Å². The summed E-state index contributed by atoms with van der Waals surface area (Å²) in [5.41, 5.74) is -2.23. The third kappa shape index (κ3) is 6.49. The summed E-state index contributed by atoms with van der Waals surface area (Å²) in [7, 11) is 0. The minimum atomic E-state index is -1.55. The van der Waals surface area contributed by atoms with Crippen LogP contribution in [0.15, 0.2) is 42.0 Å². The zero-order valence-corrected chi connectivity index (χ0v) is 36.0. The maximum atomic E-state index is 13.4. The molecular weight excluding hydrogens is 771 g/mol. The Bertz CT molecular complexity index is 1810. The van der Waals surface area contributed by atoms with E-state index < -0.39 is 81.9 Å². The maximum Gasteiger partial charge on any atom is 0.312 e. The van der Waals surface area contributed by atoms with Gasteiger partial charge in [-0.05, 0) is 108 Å². The standard InChI is InChI=1S/C47H69NO12/c1-42(24-49)19-30-28-11-12-33-45(4,44(28,3)15-16-47(30,41(56)57)34(52)20-42)14-13-32-43(2,25-50)39(60-40-37(55)36(54)31(51)23-59-40)38(58-22-26-9-7-6-8-10-26)29(46(32,33)5)17-27-18-35(53)48-21-27/h6-11,27,29-34,36-40,49-52,54-55H,12-25H2,1-5H3,(H,48,53)(H,56,57). The third-order valence-electron chi connectivity index (χ3n) is 18.4. The summed E-state index contributed by atoms with van der Waals surface area (Å²) in [5, 5.41) is 80.4. The normalized spacial score (nSPS) is 50.0. The molecule has 1 amide bonds. The first-order valence-corrected chi connectivity index (χ1v) is 22.4. The Morgan fingerprint density at radius 3 is 2.32 bits per heavy atom. The van der Waals surface area contributed by atoms with Crippen molar-refractivity contribution in [1.82, 2.24) is 5.32 Å². The Hall–Kier alpha value is -2.46. The summed E-state index contributed by atoms with van der Waals surface area (Å²) in [6.45, 7) is 11.1. The van der Waals surface area contributed by atoms with Crippen molar-refractivity contribution in [3.63, 3.8) is 0 Å². The summed E-state index contributed by atoms with van der Waals surface area (Å²) in [5.74, 6) is -1.78. The molecule has 8 rings (SSSR count). The van der Waals surface area contributed by atoms with Crippen LogP contribution < -0.4 is 5.32 Å². The lowest BCUT2D eigenvalue weighted by Crippen LogP contribution is -2.73. The zero-order chi connectivity index (χ0) is 43.2. The SMILES string of the molecule is CC1(CO)CC(O)C2(C(=O)O)CCC3(C)C(=CCC4C5(C)C(CC6CNC(=O)C6)C(OCc6ccccc6)C(OC6OCC(O)C(O)C6O)C(C)(CO)C5CCC43C)C2C1. The summed E-state index contributed by atoms with van der Waals surface area (Å²) < 4.78 is 19.9. The molecule has 60 heavy (non-hydrogen) atoms. The van der Waals surface area contributed by atoms with Crippen molar-refractivity contribution >= 4 is 11.9 Å². The summed E-state index contributed by atoms with van der Waals surface area (Å²) in [4.78, 5) is 26.2. The van der Waals surface area contributed by atoms with Gasteiger partial charge >= 0.3 is 5.97 Å². The van der Waals surface area contributed by atoms with Crippen molar-refractivity contribution in [3.05, 3.63) is 47.5 Å². The first kappa shape index (κ1) is 44.2. The van der Waals surface area contributed by atoms with Gasteiger partial charge in [-0.25, -0.2) is 0 Å². The fraction of sp³-hybridized carbons (Fsp3) is 0.787. The number of hydrogen-bond acceptors (Lipinski definition) is 11. The lowest BCUT2D eigenvalue weighted by molar-refractivity contribution is -0.345. The number of aliphatic hydroxyl groups is 6. The number of nitrogens with one attached hydrogen (secondary N) is 1. The maximum absolute atomic E-state index is 13.4. The first-order chi connectivity index (χ1) is 28.3. The van der Waals surface area contributed by atoms with Gasteiger partial charge in [-0.3, -0.25) is 9.59 Å². The number of rotatable bonds is 10. The molecule has 0 spiro atoms. The van der Waals surface area contributed by atoms with E-state index in [-0.39, 0.29) is 67.8 Å². The van der Waals surface area contributed by atoms with Crippen LogP contribution >= 0.6 is 0 Å². The molecule has 18 atom stereocenters. The molecule has 13 nitrogen and oxygen atoms in total. The average molecular weight is 840 g/mol. The van der Waals surface area contributed by atoms with E-state index in [4.69, 9.17) is 14.2 Å². The summed E-state index contributed by atoms with van der Waals surface area (Å²) >= 11 is 0. The van der Waals surface area contributed by atoms with Gasteiger partial charge in [0.15, 0.2) is 6.29 Å². The Morgan fingerprint density at radius 1 is 0.933 bits per heavy atom. The van der Waals surface area contributed by atoms with Gasteiger partial charge in [0.25, 0.3) is 0 Å². The van der Waals surface area contributed by atoms with E-state index in [2.05, 4.69) is 32.2 Å². The lowest BCUT2D eigenvalue weighted by atomic mass is 9.31. The van der Waals surface area contributed by atoms with Crippen LogP contribution in [0.5, 0.6) is 0 Å². The average Bonchev–Trinajstić information content (AvgIpc) is 3.64. The fourth-order valence-corrected chi connectivity index (χ4v) is 14.9. The summed E-state index contributed by atoms with van der Waals surface area (Å²) in [6, 6.07) is 9.82. The Morgan fingerprint density at radius 2 is 1.67 bits per heavy atom. The topological polar surface area (TPSA) is 215 Å². The molecule has 4 saturated carbocycles. The van der Waals surface area contributed by atoms with E-state index in [1.807, 2.05) is 44.2 Å². The van der Waals surface area contributed by atoms with E-state index in [9.17, 15) is 45.3 Å². The van der Waals surface area contributed by atoms with E-state index in [1.54, 1.807) is 0 Å². The van der Waals surface area contributed by atoms with Crippen LogP contribution in [0.1, 0.15) is 98.0 Å². The Labute approximate surface area is 353 Å². The highest BCUT2D eigenvalue weighted by Crippen LogP contribution is 2.77. The molecule has 0 aromatic heterocycles. The van der Waals surface area contributed by atoms with Gasteiger partial charge in [0.05, 0.1) is 38.1 Å². The van der Waals surface area contributed by atoms with E-state index in [1.165, 1.54) is 0 Å². The molecular formula is C47H69NO12. The van der Waals surface area contributed by atoms with Crippen LogP contribution in [0.25, 0.3) is 0 Å². The number of aliphatic hydroxyl groups excluding tert-OH is 6. The number of carbonyl (C=O) groups is 2. The minimum Gasteiger partial charge on any atom is -0.481 e. The molecule has 334 valence electrons. The van der Waals surface area contributed by atoms with Crippen molar-refractivity contribution < 1.29 is 59.5 Å². The number of carboxylic acid groups (broad SMARTS) is 1. The van der Waals surface area contributed by atoms with Crippen molar-refractivity contribution in [2.45, 2.75) is 142 Å². The highest BCUT2D eigenvalue weighted by Gasteiger charge is 2.74. The molecule has 13 heteroatoms. The number of hydrogen-bond donors (Lipinski definition) is 8. The Balaban J connectivity index is 1.27. The molecule has 2 aliphatic heterocycles. The highest BCUT2D eigenvalue weighted by atomic mass is 16.7. The van der Waals surface area contributed by atoms with Gasteiger partial charge in [0.1, 0.15) is 23.7 Å². The second-order valence-electron chi connectivity index (χ2n) is 21.4. The number of amides is 1. The van der Waals surface area contributed by atoms with Crippen molar-refractivity contribution in [1.29, 1.82) is 0 Å². The monoisotopic (exact) mass is 839 g/mol. The highest BCUT2D eigenvalue weighted by molar-refractivity contribution is 5.78. The largest absolute Gasteiger partial charge is 0.481 e. The van der Waals surface area contributed by atoms with Crippen molar-refractivity contribution in [3.8, 4) is 0 Å². The van der Waals surface area contributed by atoms with E-state index in [0.717, 1.165) is 17.6 Å². The number of carboxylic acids is 1. The molecule has 1 aromatic carbocycles. The molecule has 0 radical (unpaired) electrons. The number of fused-ring (bicyclic) bond motifs is 7. The molecule has 6 fully saturated rings. The molecule has 1 aromatic rings. The Kier molecular flexibility index (Phi) is 11.5. The van der Waals surface area contributed by atoms with E-state index >= 15 is 0 Å². The second-order valence-corrected chi connectivity index (χ2v) is 21.4. The first-order valence-electron chi connectivity index (χ1n) is 22.4. The van der Waals surface area contributed by atoms with Crippen LogP contribution in [0.2, 0.25) is 0 Å². The fourth-order valence-electron chi connectivity index (χ4n) is 14.9. The van der Waals surface area contributed by atoms with Crippen LogP contribution in [-0.4, -0.2) is 117 Å². The van der Waals surface area contributed by atoms with Gasteiger partial charge in [-0.15, -0.1) is 0 Å². The third-order valence-corrected chi connectivity index (χ3v) is 18.4. The second kappa shape index (κ2) is 15.7. The molecule has 18 unspecified atom stereocenters. The number of allylic oxidation sites excluding steroid dienone is 2. The lowest BCUT2D eigenvalue weighted by Gasteiger charge is -2.74. The van der Waals surface area contributed by atoms with E-state index in [0.29, 0.717) is 51.5 Å². The number of aliphatic carboxylic acids is 1. The van der Waals surface area contributed by atoms with Crippen LogP contribution in [-0.2, 0) is 30.4 Å². The molecule has 0 bridgehead atoms. The van der Waals surface area contributed by atoms with Gasteiger partial charge in [0.2, 0.25) is 5.91 Å². The summed E-state index contributed by atoms with van der Waals surface area (Å²) in [6.07, 6.45) is -1.26. The predicted octanol–water partition coefficient (Wildman–Crippen LogP) is 3.56. The van der Waals surface area contributed by atoms with Crippen LogP contribution in [0, 0.1) is 62.1 Å². The van der Waals surface area contributed by atoms with Gasteiger partial charge in [0, 0.05) is 25.0 Å². The number of carbonyl (C=O) groups excluding carboxylic acids is 1. The molecule has 8 N–H and O–H groups in total. The van der Waals surface area contributed by atoms with Gasteiger partial charge in [-0.2, -0.15) is 0 Å². The molecule has 2 saturated heterocycles. The van der Waals surface area contributed by atoms with Crippen LogP contribution in [0.3, 0.4) is 0 Å². The quantitative estimate of drug-likeness (QED) is 0.126. The van der Waals surface area contributed by atoms with Gasteiger partial charge in [-0.1, -0.05) is 76.6 Å². The minimum absolute atomic E-state index is 0.000338. The zero-order valence-electron chi connectivity index (χ0n) is 36.0. The smallest absolute Gasteiger partial charge is 0.312 e. The number of benzene rings is 1. The molecule has 5 aliphatic carbocycles. The van der Waals surface area contributed by atoms with Crippen LogP contribution in [0.4, 0.5) is 0 Å². The number of ether oxygens (including phenoxy) is 3. The van der Waals surface area contributed by atoms with Crippen molar-refractivity contribution in [2.24, 2.45) is 62.1 Å².